The average Bonchev–Trinajstić information content (AvgIpc) is 2.91. The van der Waals surface area contributed by atoms with Gasteiger partial charge in [-0.25, -0.2) is 9.59 Å². The van der Waals surface area contributed by atoms with Crippen LogP contribution in [0.3, 0.4) is 0 Å². The number of aliphatic hydroxyl groups is 1. The topological polar surface area (TPSA) is 72.8 Å². The summed E-state index contributed by atoms with van der Waals surface area (Å²) in [5.41, 5.74) is 4.73. The molecule has 0 aliphatic heterocycles. The highest BCUT2D eigenvalue weighted by Gasteiger charge is 2.17. The quantitative estimate of drug-likeness (QED) is 0.325. The van der Waals surface area contributed by atoms with E-state index in [2.05, 4.69) is 0 Å². The van der Waals surface area contributed by atoms with Crippen LogP contribution in [0.4, 0.5) is 0 Å². The number of carbonyl (C=O) groups is 2. The maximum atomic E-state index is 12.9. The predicted molar refractivity (Wildman–Crippen MR) is 134 cm³/mol. The molecule has 0 amide bonds. The van der Waals surface area contributed by atoms with E-state index < -0.39 is 11.9 Å². The van der Waals surface area contributed by atoms with Crippen molar-refractivity contribution >= 4 is 11.9 Å². The molecule has 0 bridgehead atoms. The zero-order valence-electron chi connectivity index (χ0n) is 19.2. The van der Waals surface area contributed by atoms with Gasteiger partial charge in [0, 0.05) is 6.61 Å². The molecular weight excluding hydrogens is 440 g/mol. The van der Waals surface area contributed by atoms with Crippen molar-refractivity contribution in [3.05, 3.63) is 131 Å². The standard InChI is InChI=1S/C30H26O5/c31-15-14-22-12-7-13-25(16-22)26-17-27(29(32)34-20-23-8-3-1-4-9-23)19-28(18-26)30(33)35-21-24-10-5-2-6-11-24/h1-13,16-19,31H,14-15,20-21H2. The van der Waals surface area contributed by atoms with Crippen molar-refractivity contribution in [1.82, 2.24) is 0 Å². The van der Waals surface area contributed by atoms with Crippen LogP contribution in [-0.4, -0.2) is 23.7 Å². The summed E-state index contributed by atoms with van der Waals surface area (Å²) in [6, 6.07) is 31.4. The fourth-order valence-corrected chi connectivity index (χ4v) is 3.68. The van der Waals surface area contributed by atoms with E-state index in [1.54, 1.807) is 12.1 Å². The van der Waals surface area contributed by atoms with Crippen molar-refractivity contribution in [3.63, 3.8) is 0 Å². The Balaban J connectivity index is 1.61. The van der Waals surface area contributed by atoms with E-state index in [1.807, 2.05) is 84.9 Å². The Morgan fingerprint density at radius 1 is 0.571 bits per heavy atom. The van der Waals surface area contributed by atoms with Crippen LogP contribution in [0.5, 0.6) is 0 Å². The van der Waals surface area contributed by atoms with Gasteiger partial charge in [0.1, 0.15) is 13.2 Å². The van der Waals surface area contributed by atoms with Crippen LogP contribution in [-0.2, 0) is 29.1 Å². The van der Waals surface area contributed by atoms with E-state index in [1.165, 1.54) is 6.07 Å². The number of ether oxygens (including phenoxy) is 2. The highest BCUT2D eigenvalue weighted by atomic mass is 16.5. The Labute approximate surface area is 204 Å². The van der Waals surface area contributed by atoms with Crippen LogP contribution in [0.1, 0.15) is 37.4 Å². The summed E-state index contributed by atoms with van der Waals surface area (Å²) in [5.74, 6) is -1.06. The molecule has 0 aliphatic rings. The van der Waals surface area contributed by atoms with Gasteiger partial charge in [0.05, 0.1) is 11.1 Å². The second-order valence-corrected chi connectivity index (χ2v) is 8.10. The first-order valence-corrected chi connectivity index (χ1v) is 11.4. The maximum Gasteiger partial charge on any atom is 0.338 e. The second-order valence-electron chi connectivity index (χ2n) is 8.10. The smallest absolute Gasteiger partial charge is 0.338 e. The third kappa shape index (κ3) is 6.65. The number of esters is 2. The molecule has 0 atom stereocenters. The van der Waals surface area contributed by atoms with Gasteiger partial charge in [-0.05, 0) is 52.4 Å². The molecule has 0 spiro atoms. The molecule has 4 rings (SSSR count). The van der Waals surface area contributed by atoms with Crippen LogP contribution in [0, 0.1) is 0 Å². The molecule has 5 heteroatoms. The summed E-state index contributed by atoms with van der Waals surface area (Å²) < 4.78 is 11.0. The molecule has 4 aromatic rings. The molecule has 0 heterocycles. The highest BCUT2D eigenvalue weighted by molar-refractivity contribution is 5.97. The van der Waals surface area contributed by atoms with Crippen molar-refractivity contribution in [2.75, 3.05) is 6.61 Å². The lowest BCUT2D eigenvalue weighted by molar-refractivity contribution is 0.0470. The Hall–Kier alpha value is -4.22. The molecular formula is C30H26O5. The van der Waals surface area contributed by atoms with E-state index in [4.69, 9.17) is 9.47 Å². The van der Waals surface area contributed by atoms with Crippen molar-refractivity contribution in [2.45, 2.75) is 19.6 Å². The first kappa shape index (κ1) is 23.9. The van der Waals surface area contributed by atoms with E-state index in [0.717, 1.165) is 22.3 Å². The van der Waals surface area contributed by atoms with Crippen LogP contribution in [0.15, 0.2) is 103 Å². The van der Waals surface area contributed by atoms with E-state index in [-0.39, 0.29) is 30.9 Å². The summed E-state index contributed by atoms with van der Waals surface area (Å²) >= 11 is 0. The number of hydrogen-bond acceptors (Lipinski definition) is 5. The van der Waals surface area contributed by atoms with Crippen LogP contribution >= 0.6 is 0 Å². The fraction of sp³-hybridized carbons (Fsp3) is 0.133. The first-order valence-electron chi connectivity index (χ1n) is 11.4. The Morgan fingerprint density at radius 3 is 1.60 bits per heavy atom. The van der Waals surface area contributed by atoms with Gasteiger partial charge in [-0.15, -0.1) is 0 Å². The lowest BCUT2D eigenvalue weighted by Gasteiger charge is -2.12. The number of hydrogen-bond donors (Lipinski definition) is 1. The molecule has 4 aromatic carbocycles. The number of benzene rings is 4. The highest BCUT2D eigenvalue weighted by Crippen LogP contribution is 2.25. The zero-order valence-corrected chi connectivity index (χ0v) is 19.2. The minimum Gasteiger partial charge on any atom is -0.457 e. The molecule has 0 saturated heterocycles. The second kappa shape index (κ2) is 11.8. The monoisotopic (exact) mass is 466 g/mol. The third-order valence-corrected chi connectivity index (χ3v) is 5.49. The van der Waals surface area contributed by atoms with Gasteiger partial charge in [0.2, 0.25) is 0 Å². The van der Waals surface area contributed by atoms with E-state index in [0.29, 0.717) is 12.0 Å². The molecule has 0 aromatic heterocycles. The largest absolute Gasteiger partial charge is 0.457 e. The summed E-state index contributed by atoms with van der Waals surface area (Å²) in [7, 11) is 0. The molecule has 0 saturated carbocycles. The van der Waals surface area contributed by atoms with E-state index >= 15 is 0 Å². The Morgan fingerprint density at radius 2 is 1.09 bits per heavy atom. The third-order valence-electron chi connectivity index (χ3n) is 5.49. The zero-order chi connectivity index (χ0) is 24.5. The average molecular weight is 467 g/mol. The number of carbonyl (C=O) groups excluding carboxylic acids is 2. The molecule has 5 nitrogen and oxygen atoms in total. The molecule has 35 heavy (non-hydrogen) atoms. The van der Waals surface area contributed by atoms with Crippen molar-refractivity contribution in [1.29, 1.82) is 0 Å². The van der Waals surface area contributed by atoms with Crippen LogP contribution in [0.25, 0.3) is 11.1 Å². The molecule has 1 N–H and O–H groups in total. The van der Waals surface area contributed by atoms with Gasteiger partial charge in [-0.2, -0.15) is 0 Å². The molecule has 176 valence electrons. The normalized spacial score (nSPS) is 10.5. The van der Waals surface area contributed by atoms with Gasteiger partial charge in [-0.3, -0.25) is 0 Å². The van der Waals surface area contributed by atoms with Crippen LogP contribution < -0.4 is 0 Å². The van der Waals surface area contributed by atoms with Gasteiger partial charge in [-0.1, -0.05) is 84.9 Å². The van der Waals surface area contributed by atoms with Crippen molar-refractivity contribution in [3.8, 4) is 11.1 Å². The summed E-state index contributed by atoms with van der Waals surface area (Å²) in [6.07, 6.45) is 0.513. The summed E-state index contributed by atoms with van der Waals surface area (Å²) in [4.78, 5) is 25.8. The minimum atomic E-state index is -0.528. The molecule has 0 aliphatic carbocycles. The lowest BCUT2D eigenvalue weighted by atomic mass is 9.97. The van der Waals surface area contributed by atoms with Gasteiger partial charge in [0.25, 0.3) is 0 Å². The van der Waals surface area contributed by atoms with Gasteiger partial charge >= 0.3 is 11.9 Å². The lowest BCUT2D eigenvalue weighted by Crippen LogP contribution is -2.10. The Kier molecular flexibility index (Phi) is 8.04. The van der Waals surface area contributed by atoms with Gasteiger partial charge < -0.3 is 14.6 Å². The summed E-state index contributed by atoms with van der Waals surface area (Å²) in [6.45, 7) is 0.291. The van der Waals surface area contributed by atoms with Crippen molar-refractivity contribution < 1.29 is 24.2 Å². The first-order chi connectivity index (χ1) is 17.1. The Bertz CT molecular complexity index is 1210. The van der Waals surface area contributed by atoms with Gasteiger partial charge in [0.15, 0.2) is 0 Å². The van der Waals surface area contributed by atoms with Crippen molar-refractivity contribution in [2.24, 2.45) is 0 Å². The maximum absolute atomic E-state index is 12.9. The fourth-order valence-electron chi connectivity index (χ4n) is 3.68. The summed E-state index contributed by atoms with van der Waals surface area (Å²) in [5, 5.41) is 9.30. The van der Waals surface area contributed by atoms with E-state index in [9.17, 15) is 14.7 Å². The SMILES string of the molecule is O=C(OCc1ccccc1)c1cc(C(=O)OCc2ccccc2)cc(-c2cccc(CCO)c2)c1. The minimum absolute atomic E-state index is 0.0341. The predicted octanol–water partition coefficient (Wildman–Crippen LogP) is 5.60. The number of aliphatic hydroxyl groups excluding tert-OH is 1. The molecule has 0 fully saturated rings. The number of rotatable bonds is 9. The molecule has 0 unspecified atom stereocenters. The van der Waals surface area contributed by atoms with Crippen LogP contribution in [0.2, 0.25) is 0 Å². The molecule has 0 radical (unpaired) electrons.